The van der Waals surface area contributed by atoms with Crippen LogP contribution in [0.2, 0.25) is 0 Å². The first kappa shape index (κ1) is 23.5. The van der Waals surface area contributed by atoms with Gasteiger partial charge in [-0.1, -0.05) is 6.07 Å². The zero-order valence-electron chi connectivity index (χ0n) is 19.6. The third-order valence-electron chi connectivity index (χ3n) is 6.87. The minimum atomic E-state index is -3.37. The van der Waals surface area contributed by atoms with Gasteiger partial charge in [-0.3, -0.25) is 24.3 Å². The van der Waals surface area contributed by atoms with E-state index in [9.17, 15) is 18.4 Å². The molecule has 0 aromatic carbocycles. The molecular weight excluding hydrogens is 458 g/mol. The monoisotopic (exact) mass is 486 g/mol. The number of hydrogen-bond acceptors (Lipinski definition) is 7. The van der Waals surface area contributed by atoms with E-state index in [0.29, 0.717) is 38.5 Å². The molecule has 0 N–H and O–H groups in total. The number of nitrogens with zero attached hydrogens (tertiary/aromatic N) is 6. The number of alkyl halides is 2. The molecule has 35 heavy (non-hydrogen) atoms. The summed E-state index contributed by atoms with van der Waals surface area (Å²) >= 11 is 0. The van der Waals surface area contributed by atoms with E-state index in [1.807, 2.05) is 17.9 Å². The molecule has 5 rings (SSSR count). The predicted octanol–water partition coefficient (Wildman–Crippen LogP) is 3.06. The van der Waals surface area contributed by atoms with Crippen molar-refractivity contribution in [3.63, 3.8) is 0 Å². The Morgan fingerprint density at radius 2 is 1.97 bits per heavy atom. The number of hydrogen-bond donors (Lipinski definition) is 0. The maximum Gasteiger partial charge on any atom is 0.325 e. The van der Waals surface area contributed by atoms with Crippen LogP contribution >= 0.6 is 0 Å². The van der Waals surface area contributed by atoms with E-state index in [0.717, 1.165) is 22.4 Å². The van der Waals surface area contributed by atoms with Crippen LogP contribution in [0.1, 0.15) is 49.3 Å². The molecule has 11 heteroatoms. The zero-order valence-corrected chi connectivity index (χ0v) is 19.6. The zero-order chi connectivity index (χ0) is 24.6. The Kier molecular flexibility index (Phi) is 6.35. The molecule has 2 aromatic heterocycles. The van der Waals surface area contributed by atoms with Crippen molar-refractivity contribution in [3.05, 3.63) is 41.9 Å². The van der Waals surface area contributed by atoms with Gasteiger partial charge >= 0.3 is 5.92 Å². The normalized spacial score (nSPS) is 23.1. The molecule has 0 saturated carbocycles. The van der Waals surface area contributed by atoms with Crippen LogP contribution in [-0.4, -0.2) is 64.0 Å². The van der Waals surface area contributed by atoms with Gasteiger partial charge in [-0.2, -0.15) is 13.8 Å². The summed E-state index contributed by atoms with van der Waals surface area (Å²) in [5, 5.41) is 1.51. The largest absolute Gasteiger partial charge is 0.341 e. The summed E-state index contributed by atoms with van der Waals surface area (Å²) < 4.78 is 27.8. The quantitative estimate of drug-likeness (QED) is 0.656. The summed E-state index contributed by atoms with van der Waals surface area (Å²) in [5.74, 6) is -4.28. The number of carbonyl (C=O) groups excluding carboxylic acids is 2. The lowest BCUT2D eigenvalue weighted by Crippen LogP contribution is -2.49. The van der Waals surface area contributed by atoms with E-state index in [1.165, 1.54) is 17.3 Å². The van der Waals surface area contributed by atoms with Gasteiger partial charge in [-0.25, -0.2) is 10.0 Å². The third kappa shape index (κ3) is 4.69. The summed E-state index contributed by atoms with van der Waals surface area (Å²) in [4.78, 5) is 47.1. The Bertz CT molecular complexity index is 1110. The average molecular weight is 487 g/mol. The predicted molar refractivity (Wildman–Crippen MR) is 123 cm³/mol. The fraction of sp³-hybridized carbons (Fsp3) is 0.542. The number of aromatic nitrogens is 3. The minimum absolute atomic E-state index is 0.0375. The molecule has 9 nitrogen and oxygen atoms in total. The highest BCUT2D eigenvalue weighted by atomic mass is 19.3. The molecule has 5 heterocycles. The molecule has 3 aliphatic rings. The van der Waals surface area contributed by atoms with Crippen LogP contribution in [0.15, 0.2) is 30.7 Å². The highest BCUT2D eigenvalue weighted by Crippen LogP contribution is 2.34. The van der Waals surface area contributed by atoms with Crippen molar-refractivity contribution in [3.8, 4) is 0 Å². The fourth-order valence-electron chi connectivity index (χ4n) is 4.98. The number of pyridine rings is 1. The van der Waals surface area contributed by atoms with Gasteiger partial charge in [-0.15, -0.1) is 0 Å². The summed E-state index contributed by atoms with van der Waals surface area (Å²) in [6.07, 6.45) is 6.72. The van der Waals surface area contributed by atoms with Gasteiger partial charge in [0.05, 0.1) is 12.6 Å². The van der Waals surface area contributed by atoms with E-state index in [4.69, 9.17) is 4.84 Å². The van der Waals surface area contributed by atoms with E-state index in [-0.39, 0.29) is 36.7 Å². The lowest BCUT2D eigenvalue weighted by atomic mass is 9.95. The Labute approximate surface area is 202 Å². The second kappa shape index (κ2) is 9.44. The molecule has 2 amide bonds. The molecule has 0 radical (unpaired) electrons. The van der Waals surface area contributed by atoms with Crippen LogP contribution < -0.4 is 9.80 Å². The standard InChI is InChI=1S/C24H28F2N6O3/c1-16-13-18(15-27-14-16)19-6-12-35-32(19)21(33)17-4-10-30(11-5-17)23-28-8-3-20(29-23)31-9-2-7-24(25,26)22(31)34/h3,8,13-15,17,19H,2,4-7,9-12H2,1H3/t19-/m0/s1. The Morgan fingerprint density at radius 3 is 2.74 bits per heavy atom. The van der Waals surface area contributed by atoms with E-state index in [2.05, 4.69) is 15.0 Å². The van der Waals surface area contributed by atoms with Crippen molar-refractivity contribution in [2.24, 2.45) is 5.92 Å². The van der Waals surface area contributed by atoms with Gasteiger partial charge in [0.1, 0.15) is 5.82 Å². The van der Waals surface area contributed by atoms with Gasteiger partial charge in [0.25, 0.3) is 5.91 Å². The molecule has 3 fully saturated rings. The van der Waals surface area contributed by atoms with Gasteiger partial charge in [-0.05, 0) is 43.4 Å². The first-order valence-corrected chi connectivity index (χ1v) is 12.0. The number of amides is 2. The summed E-state index contributed by atoms with van der Waals surface area (Å²) in [5.41, 5.74) is 2.00. The van der Waals surface area contributed by atoms with Crippen LogP contribution in [-0.2, 0) is 14.4 Å². The molecule has 0 unspecified atom stereocenters. The summed E-state index contributed by atoms with van der Waals surface area (Å²) in [6.45, 7) is 3.73. The summed E-state index contributed by atoms with van der Waals surface area (Å²) in [6, 6.07) is 3.36. The van der Waals surface area contributed by atoms with Crippen LogP contribution in [0.5, 0.6) is 0 Å². The average Bonchev–Trinajstić information content (AvgIpc) is 3.36. The first-order chi connectivity index (χ1) is 16.8. The van der Waals surface area contributed by atoms with E-state index < -0.39 is 18.3 Å². The highest BCUT2D eigenvalue weighted by Gasteiger charge is 2.46. The van der Waals surface area contributed by atoms with Gasteiger partial charge in [0.2, 0.25) is 11.9 Å². The van der Waals surface area contributed by atoms with Crippen molar-refractivity contribution in [2.75, 3.05) is 36.0 Å². The molecule has 0 bridgehead atoms. The molecule has 0 aliphatic carbocycles. The van der Waals surface area contributed by atoms with E-state index >= 15 is 0 Å². The third-order valence-corrected chi connectivity index (χ3v) is 6.87. The van der Waals surface area contributed by atoms with Gasteiger partial charge in [0, 0.05) is 57.0 Å². The highest BCUT2D eigenvalue weighted by molar-refractivity contribution is 5.98. The number of piperidine rings is 2. The smallest absolute Gasteiger partial charge is 0.325 e. The molecule has 186 valence electrons. The van der Waals surface area contributed by atoms with Crippen molar-refractivity contribution in [1.29, 1.82) is 0 Å². The number of hydroxylamine groups is 2. The van der Waals surface area contributed by atoms with Gasteiger partial charge in [0.15, 0.2) is 0 Å². The number of rotatable bonds is 4. The molecule has 2 aromatic rings. The van der Waals surface area contributed by atoms with Crippen LogP contribution in [0.4, 0.5) is 20.5 Å². The second-order valence-electron chi connectivity index (χ2n) is 9.34. The number of aryl methyl sites for hydroxylation is 1. The van der Waals surface area contributed by atoms with Crippen LogP contribution in [0, 0.1) is 12.8 Å². The molecule has 1 atom stereocenters. The molecule has 3 aliphatic heterocycles. The number of halogens is 2. The SMILES string of the molecule is Cc1cncc([C@@H]2CCON2C(=O)C2CCN(c3nccc(N4CCCC(F)(F)C4=O)n3)CC2)c1. The molecule has 3 saturated heterocycles. The Balaban J connectivity index is 1.23. The van der Waals surface area contributed by atoms with Gasteiger partial charge < -0.3 is 4.90 Å². The topological polar surface area (TPSA) is 91.8 Å². The number of anilines is 2. The van der Waals surface area contributed by atoms with Crippen molar-refractivity contribution in [1.82, 2.24) is 20.0 Å². The van der Waals surface area contributed by atoms with Crippen molar-refractivity contribution in [2.45, 2.75) is 51.0 Å². The van der Waals surface area contributed by atoms with Crippen molar-refractivity contribution < 1.29 is 23.2 Å². The fourth-order valence-corrected chi connectivity index (χ4v) is 4.98. The van der Waals surface area contributed by atoms with E-state index in [1.54, 1.807) is 12.4 Å². The molecular formula is C24H28F2N6O3. The maximum atomic E-state index is 13.9. The first-order valence-electron chi connectivity index (χ1n) is 12.0. The maximum absolute atomic E-state index is 13.9. The van der Waals surface area contributed by atoms with Crippen molar-refractivity contribution >= 4 is 23.6 Å². The summed E-state index contributed by atoms with van der Waals surface area (Å²) in [7, 11) is 0. The lowest BCUT2D eigenvalue weighted by molar-refractivity contribution is -0.182. The number of carbonyl (C=O) groups is 2. The molecule has 0 spiro atoms. The Morgan fingerprint density at radius 1 is 1.17 bits per heavy atom. The van der Waals surface area contributed by atoms with Crippen LogP contribution in [0.25, 0.3) is 0 Å². The second-order valence-corrected chi connectivity index (χ2v) is 9.34. The lowest BCUT2D eigenvalue weighted by Gasteiger charge is -2.35. The Hall–Kier alpha value is -3.21. The minimum Gasteiger partial charge on any atom is -0.341 e. The van der Waals surface area contributed by atoms with Crippen LogP contribution in [0.3, 0.4) is 0 Å².